The number of carbonyl (C=O) groups excluding carboxylic acids is 1. The van der Waals surface area contributed by atoms with Crippen molar-refractivity contribution in [3.05, 3.63) is 42.0 Å². The highest BCUT2D eigenvalue weighted by molar-refractivity contribution is 7.93. The molecule has 3 heterocycles. The summed E-state index contributed by atoms with van der Waals surface area (Å²) in [7, 11) is -2.85. The number of morpholine rings is 1. The molecule has 0 radical (unpaired) electrons. The average molecular weight is 510 g/mol. The Hall–Kier alpha value is -2.65. The number of ether oxygens (including phenoxy) is 1. The molecule has 2 aliphatic heterocycles. The Balaban J connectivity index is 1.27. The normalized spacial score (nSPS) is 24.9. The number of benzene rings is 1. The van der Waals surface area contributed by atoms with Crippen LogP contribution in [0, 0.1) is 10.2 Å². The Kier molecular flexibility index (Phi) is 5.95. The highest BCUT2D eigenvalue weighted by atomic mass is 32.2. The van der Waals surface area contributed by atoms with Crippen LogP contribution in [-0.2, 0) is 14.5 Å². The lowest BCUT2D eigenvalue weighted by molar-refractivity contribution is 0.0529. The maximum Gasteiger partial charge on any atom is 0.258 e. The number of anilines is 3. The molecule has 2 aliphatic carbocycles. The minimum absolute atomic E-state index is 0.0593. The van der Waals surface area contributed by atoms with Gasteiger partial charge in [0.15, 0.2) is 0 Å². The lowest BCUT2D eigenvalue weighted by Gasteiger charge is -2.35. The minimum Gasteiger partial charge on any atom is -0.375 e. The Morgan fingerprint density at radius 3 is 2.58 bits per heavy atom. The summed E-state index contributed by atoms with van der Waals surface area (Å²) in [4.78, 5) is 23.2. The van der Waals surface area contributed by atoms with E-state index in [-0.39, 0.29) is 17.3 Å². The standard InChI is InChI=1S/C27H35N5O3S/c1-19-18-32(15-16-35-19)25-4-2-3-24(29-25)30-26(33)22-8-7-21(36(28,34)20-5-6-20)17-23(22)31-13-11-27(9-10-27)12-14-31/h2-4,7-8,17,19-20,28H,5-6,9-16,18H2,1H3,(H,29,30,33)/t19-,36-/m1/s1. The second-order valence-corrected chi connectivity index (χ2v) is 13.3. The number of pyridine rings is 1. The van der Waals surface area contributed by atoms with Crippen molar-refractivity contribution in [2.24, 2.45) is 5.41 Å². The molecular weight excluding hydrogens is 474 g/mol. The van der Waals surface area contributed by atoms with Crippen molar-refractivity contribution < 1.29 is 13.7 Å². The smallest absolute Gasteiger partial charge is 0.258 e. The van der Waals surface area contributed by atoms with Crippen molar-refractivity contribution in [1.82, 2.24) is 4.98 Å². The van der Waals surface area contributed by atoms with Gasteiger partial charge in [-0.05, 0) is 81.2 Å². The average Bonchev–Trinajstić information content (AvgIpc) is 3.81. The number of carbonyl (C=O) groups is 1. The van der Waals surface area contributed by atoms with Crippen molar-refractivity contribution in [3.8, 4) is 0 Å². The fourth-order valence-corrected chi connectivity index (χ4v) is 7.27. The van der Waals surface area contributed by atoms with E-state index in [1.807, 2.05) is 25.1 Å². The molecule has 1 amide bonds. The van der Waals surface area contributed by atoms with Crippen molar-refractivity contribution in [3.63, 3.8) is 0 Å². The van der Waals surface area contributed by atoms with E-state index in [0.29, 0.717) is 28.3 Å². The minimum atomic E-state index is -2.85. The van der Waals surface area contributed by atoms with Crippen LogP contribution in [0.15, 0.2) is 41.3 Å². The first-order valence-electron chi connectivity index (χ1n) is 13.1. The van der Waals surface area contributed by atoms with Crippen LogP contribution in [0.1, 0.15) is 55.8 Å². The van der Waals surface area contributed by atoms with Crippen molar-refractivity contribution in [2.45, 2.75) is 61.7 Å². The monoisotopic (exact) mass is 509 g/mol. The van der Waals surface area contributed by atoms with Gasteiger partial charge < -0.3 is 19.9 Å². The van der Waals surface area contributed by atoms with E-state index in [1.165, 1.54) is 12.8 Å². The molecule has 192 valence electrons. The topological polar surface area (TPSA) is 98.6 Å². The van der Waals surface area contributed by atoms with Crippen LogP contribution >= 0.6 is 0 Å². The third kappa shape index (κ3) is 4.70. The summed E-state index contributed by atoms with van der Waals surface area (Å²) in [6.45, 7) is 6.01. The number of piperidine rings is 1. The van der Waals surface area contributed by atoms with E-state index < -0.39 is 9.73 Å². The van der Waals surface area contributed by atoms with Crippen molar-refractivity contribution in [2.75, 3.05) is 47.9 Å². The number of aromatic nitrogens is 1. The third-order valence-corrected chi connectivity index (χ3v) is 10.6. The van der Waals surface area contributed by atoms with Crippen LogP contribution in [-0.4, -0.2) is 59.2 Å². The molecular formula is C27H35N5O3S. The zero-order valence-corrected chi connectivity index (χ0v) is 21.7. The van der Waals surface area contributed by atoms with E-state index in [2.05, 4.69) is 15.1 Å². The summed E-state index contributed by atoms with van der Waals surface area (Å²) < 4.78 is 27.4. The number of nitrogens with one attached hydrogen (secondary N) is 2. The van der Waals surface area contributed by atoms with Gasteiger partial charge in [-0.2, -0.15) is 0 Å². The predicted molar refractivity (Wildman–Crippen MR) is 142 cm³/mol. The molecule has 0 bridgehead atoms. The molecule has 1 aromatic carbocycles. The van der Waals surface area contributed by atoms with Gasteiger partial charge in [-0.1, -0.05) is 6.07 Å². The molecule has 1 spiro atoms. The molecule has 6 rings (SSSR count). The summed E-state index contributed by atoms with van der Waals surface area (Å²) in [6, 6.07) is 11.0. The Morgan fingerprint density at radius 2 is 1.89 bits per heavy atom. The first kappa shape index (κ1) is 23.7. The number of amides is 1. The fourth-order valence-electron chi connectivity index (χ4n) is 5.52. The van der Waals surface area contributed by atoms with Gasteiger partial charge >= 0.3 is 0 Å². The molecule has 2 aromatic rings. The van der Waals surface area contributed by atoms with Crippen LogP contribution in [0.2, 0.25) is 0 Å². The zero-order chi connectivity index (χ0) is 24.9. The van der Waals surface area contributed by atoms with Crippen molar-refractivity contribution in [1.29, 1.82) is 4.78 Å². The molecule has 1 aromatic heterocycles. The van der Waals surface area contributed by atoms with Crippen LogP contribution in [0.3, 0.4) is 0 Å². The predicted octanol–water partition coefficient (Wildman–Crippen LogP) is 4.51. The summed E-state index contributed by atoms with van der Waals surface area (Å²) in [5.41, 5.74) is 1.84. The fraction of sp³-hybridized carbons (Fsp3) is 0.556. The molecule has 4 aliphatic rings. The number of rotatable bonds is 6. The van der Waals surface area contributed by atoms with E-state index >= 15 is 0 Å². The molecule has 4 fully saturated rings. The Labute approximate surface area is 213 Å². The molecule has 2 atom stereocenters. The number of nitrogens with zero attached hydrogens (tertiary/aromatic N) is 3. The molecule has 36 heavy (non-hydrogen) atoms. The van der Waals surface area contributed by atoms with Gasteiger partial charge in [-0.25, -0.2) is 14.0 Å². The summed E-state index contributed by atoms with van der Waals surface area (Å²) >= 11 is 0. The SMILES string of the molecule is C[C@@H]1CN(c2cccc(NC(=O)c3ccc([S@](=N)(=O)C4CC4)cc3N3CCC4(CC3)CC4)n2)CCO1. The van der Waals surface area contributed by atoms with Crippen LogP contribution in [0.4, 0.5) is 17.3 Å². The molecule has 2 saturated carbocycles. The lowest BCUT2D eigenvalue weighted by Crippen LogP contribution is -2.41. The van der Waals surface area contributed by atoms with Crippen LogP contribution in [0.25, 0.3) is 0 Å². The maximum atomic E-state index is 13.5. The van der Waals surface area contributed by atoms with Gasteiger partial charge in [0.25, 0.3) is 5.91 Å². The van der Waals surface area contributed by atoms with Gasteiger partial charge in [0.2, 0.25) is 0 Å². The second-order valence-electron chi connectivity index (χ2n) is 10.9. The summed E-state index contributed by atoms with van der Waals surface area (Å²) in [5.74, 6) is 1.10. The number of hydrogen-bond donors (Lipinski definition) is 2. The molecule has 2 saturated heterocycles. The van der Waals surface area contributed by atoms with E-state index in [0.717, 1.165) is 63.4 Å². The van der Waals surface area contributed by atoms with Crippen molar-refractivity contribution >= 4 is 33.0 Å². The van der Waals surface area contributed by atoms with Gasteiger partial charge in [-0.3, -0.25) is 4.79 Å². The van der Waals surface area contributed by atoms with E-state index in [9.17, 15) is 9.00 Å². The van der Waals surface area contributed by atoms with Crippen LogP contribution < -0.4 is 15.1 Å². The molecule has 8 nitrogen and oxygen atoms in total. The summed E-state index contributed by atoms with van der Waals surface area (Å²) in [6.07, 6.45) is 6.69. The highest BCUT2D eigenvalue weighted by Crippen LogP contribution is 2.54. The van der Waals surface area contributed by atoms with Gasteiger partial charge in [-0.15, -0.1) is 0 Å². The van der Waals surface area contributed by atoms with E-state index in [4.69, 9.17) is 14.5 Å². The quantitative estimate of drug-likeness (QED) is 0.595. The lowest BCUT2D eigenvalue weighted by atomic mass is 9.93. The van der Waals surface area contributed by atoms with Crippen LogP contribution in [0.5, 0.6) is 0 Å². The Morgan fingerprint density at radius 1 is 1.11 bits per heavy atom. The van der Waals surface area contributed by atoms with E-state index in [1.54, 1.807) is 18.2 Å². The Bertz CT molecular complexity index is 1260. The zero-order valence-electron chi connectivity index (χ0n) is 20.9. The first-order chi connectivity index (χ1) is 17.3. The van der Waals surface area contributed by atoms with Gasteiger partial charge in [0.05, 0.1) is 33.7 Å². The largest absolute Gasteiger partial charge is 0.375 e. The second kappa shape index (κ2) is 9.03. The number of hydrogen-bond acceptors (Lipinski definition) is 7. The van der Waals surface area contributed by atoms with Gasteiger partial charge in [0, 0.05) is 36.3 Å². The molecule has 0 unspecified atom stereocenters. The third-order valence-electron chi connectivity index (χ3n) is 8.22. The maximum absolute atomic E-state index is 13.5. The first-order valence-corrected chi connectivity index (χ1v) is 14.8. The highest BCUT2D eigenvalue weighted by Gasteiger charge is 2.45. The molecule has 9 heteroatoms. The van der Waals surface area contributed by atoms with Gasteiger partial charge in [0.1, 0.15) is 11.6 Å². The summed E-state index contributed by atoms with van der Waals surface area (Å²) in [5, 5.41) is 2.94. The molecule has 2 N–H and O–H groups in total.